The first-order valence-corrected chi connectivity index (χ1v) is 3.62. The van der Waals surface area contributed by atoms with E-state index in [1.54, 1.807) is 14.2 Å². The van der Waals surface area contributed by atoms with Crippen molar-refractivity contribution in [3.8, 4) is 0 Å². The largest absolute Gasteiger partial charge is 0.384 e. The van der Waals surface area contributed by atoms with E-state index in [-0.39, 0.29) is 0 Å². The van der Waals surface area contributed by atoms with E-state index in [1.165, 1.54) is 0 Å². The molecule has 1 unspecified atom stereocenters. The Labute approximate surface area is 63.4 Å². The summed E-state index contributed by atoms with van der Waals surface area (Å²) in [6.45, 7) is 1.50. The van der Waals surface area contributed by atoms with Gasteiger partial charge in [0.05, 0.1) is 13.2 Å². The van der Waals surface area contributed by atoms with Crippen molar-refractivity contribution in [3.05, 3.63) is 0 Å². The highest BCUT2D eigenvalue weighted by Gasteiger charge is 2.04. The summed E-state index contributed by atoms with van der Waals surface area (Å²) < 4.78 is 4.98. The second-order valence-corrected chi connectivity index (χ2v) is 2.24. The predicted octanol–water partition coefficient (Wildman–Crippen LogP) is -0.549. The minimum atomic E-state index is 0.512. The Morgan fingerprint density at radius 3 is 2.60 bits per heavy atom. The van der Waals surface area contributed by atoms with Crippen molar-refractivity contribution in [2.24, 2.45) is 5.92 Å². The van der Waals surface area contributed by atoms with E-state index in [0.29, 0.717) is 5.92 Å². The van der Waals surface area contributed by atoms with Crippen molar-refractivity contribution in [1.82, 2.24) is 5.48 Å². The number of hydrogen-bond acceptors (Lipinski definition) is 3. The van der Waals surface area contributed by atoms with E-state index >= 15 is 0 Å². The lowest BCUT2D eigenvalue weighted by molar-refractivity contribution is 0.0148. The Bertz CT molecular complexity index is 72.8. The molecule has 0 fully saturated rings. The van der Waals surface area contributed by atoms with E-state index in [2.05, 4.69) is 13.3 Å². The Hall–Kier alpha value is -0.0551. The summed E-state index contributed by atoms with van der Waals surface area (Å²) in [6, 6.07) is 0. The van der Waals surface area contributed by atoms with Crippen molar-refractivity contribution >= 4 is 7.85 Å². The molecule has 0 aromatic rings. The monoisotopic (exact) mass is 145 g/mol. The molecule has 3 nitrogen and oxygen atoms in total. The van der Waals surface area contributed by atoms with Crippen molar-refractivity contribution in [3.63, 3.8) is 0 Å². The van der Waals surface area contributed by atoms with Gasteiger partial charge in [0.2, 0.25) is 0 Å². The van der Waals surface area contributed by atoms with Gasteiger partial charge in [-0.15, -0.1) is 0 Å². The molecule has 0 heterocycles. The Balaban J connectivity index is 3.21. The fourth-order valence-corrected chi connectivity index (χ4v) is 0.721. The maximum absolute atomic E-state index is 5.01. The van der Waals surface area contributed by atoms with E-state index in [1.807, 2.05) is 0 Å². The Morgan fingerprint density at radius 1 is 1.50 bits per heavy atom. The maximum atomic E-state index is 5.01. The second kappa shape index (κ2) is 7.06. The van der Waals surface area contributed by atoms with Crippen LogP contribution in [-0.4, -0.2) is 35.2 Å². The molecule has 0 saturated carbocycles. The number of hydrogen-bond donors (Lipinski definition) is 1. The van der Waals surface area contributed by atoms with Crippen molar-refractivity contribution < 1.29 is 9.57 Å². The summed E-state index contributed by atoms with van der Waals surface area (Å²) >= 11 is 0. The predicted molar refractivity (Wildman–Crippen MR) is 43.7 cm³/mol. The normalized spacial score (nSPS) is 13.4. The van der Waals surface area contributed by atoms with Gasteiger partial charge in [0.1, 0.15) is 7.85 Å². The lowest BCUT2D eigenvalue weighted by Gasteiger charge is -2.12. The maximum Gasteiger partial charge on any atom is 0.101 e. The summed E-state index contributed by atoms with van der Waals surface area (Å²) in [5, 5.41) is 0. The van der Waals surface area contributed by atoms with Gasteiger partial charge in [-0.2, -0.15) is 0 Å². The highest BCUT2D eigenvalue weighted by atomic mass is 16.6. The molecule has 4 heteroatoms. The highest BCUT2D eigenvalue weighted by Crippen LogP contribution is 2.00. The third-order valence-electron chi connectivity index (χ3n) is 1.44. The van der Waals surface area contributed by atoms with E-state index in [4.69, 9.17) is 9.57 Å². The van der Waals surface area contributed by atoms with Gasteiger partial charge in [-0.3, -0.25) is 0 Å². The van der Waals surface area contributed by atoms with Gasteiger partial charge in [-0.1, -0.05) is 6.32 Å². The van der Waals surface area contributed by atoms with Crippen LogP contribution in [0.3, 0.4) is 0 Å². The molecular formula is C6H16BNO2. The van der Waals surface area contributed by atoms with Crippen molar-refractivity contribution in [1.29, 1.82) is 0 Å². The number of nitrogens with one attached hydrogen (secondary N) is 1. The van der Waals surface area contributed by atoms with E-state index < -0.39 is 0 Å². The fraction of sp³-hybridized carbons (Fsp3) is 1.00. The summed E-state index contributed by atoms with van der Waals surface area (Å²) in [4.78, 5) is 5.01. The van der Waals surface area contributed by atoms with Crippen LogP contribution in [-0.2, 0) is 9.57 Å². The number of methoxy groups -OCH3 is 1. The molecule has 1 N–H and O–H groups in total. The molecule has 0 aromatic carbocycles. The molecule has 0 saturated heterocycles. The van der Waals surface area contributed by atoms with Gasteiger partial charge < -0.3 is 9.57 Å². The molecular weight excluding hydrogens is 129 g/mol. The zero-order valence-electron chi connectivity index (χ0n) is 7.02. The SMILES string of the molecule is BCC(COC)CONC. The van der Waals surface area contributed by atoms with Crippen LogP contribution >= 0.6 is 0 Å². The van der Waals surface area contributed by atoms with Crippen LogP contribution in [0.4, 0.5) is 0 Å². The molecule has 60 valence electrons. The van der Waals surface area contributed by atoms with Crippen molar-refractivity contribution in [2.75, 3.05) is 27.4 Å². The standard InChI is InChI=1S/C6H16BNO2/c1-8-10-5-6(3-7)4-9-2/h6,8H,3-5,7H2,1-2H3. The number of rotatable bonds is 6. The van der Waals surface area contributed by atoms with Crippen LogP contribution < -0.4 is 5.48 Å². The average Bonchev–Trinajstić information content (AvgIpc) is 1.98. The van der Waals surface area contributed by atoms with Crippen LogP contribution in [0, 0.1) is 5.92 Å². The number of ether oxygens (including phenoxy) is 1. The topological polar surface area (TPSA) is 30.5 Å². The number of hydroxylamine groups is 1. The average molecular weight is 145 g/mol. The zero-order chi connectivity index (χ0) is 7.82. The van der Waals surface area contributed by atoms with Gasteiger partial charge in [0, 0.05) is 20.1 Å². The lowest BCUT2D eigenvalue weighted by atomic mass is 9.92. The lowest BCUT2D eigenvalue weighted by Crippen LogP contribution is -2.19. The summed E-state index contributed by atoms with van der Waals surface area (Å²) in [5.41, 5.74) is 2.64. The molecule has 0 spiro atoms. The molecule has 0 rings (SSSR count). The molecule has 0 bridgehead atoms. The molecule has 0 aliphatic heterocycles. The third-order valence-corrected chi connectivity index (χ3v) is 1.44. The van der Waals surface area contributed by atoms with Crippen molar-refractivity contribution in [2.45, 2.75) is 6.32 Å². The minimum absolute atomic E-state index is 0.512. The quantitative estimate of drug-likeness (QED) is 0.402. The van der Waals surface area contributed by atoms with Gasteiger partial charge in [0.25, 0.3) is 0 Å². The van der Waals surface area contributed by atoms with Gasteiger partial charge in [0.15, 0.2) is 0 Å². The van der Waals surface area contributed by atoms with Crippen LogP contribution in [0.15, 0.2) is 0 Å². The summed E-state index contributed by atoms with van der Waals surface area (Å²) in [7, 11) is 5.60. The smallest absolute Gasteiger partial charge is 0.101 e. The highest BCUT2D eigenvalue weighted by molar-refractivity contribution is 6.08. The second-order valence-electron chi connectivity index (χ2n) is 2.24. The summed E-state index contributed by atoms with van der Waals surface area (Å²) in [5.74, 6) is 0.512. The van der Waals surface area contributed by atoms with E-state index in [0.717, 1.165) is 19.5 Å². The Morgan fingerprint density at radius 2 is 2.20 bits per heavy atom. The van der Waals surface area contributed by atoms with Gasteiger partial charge in [-0.25, -0.2) is 5.48 Å². The molecule has 0 aromatic heterocycles. The van der Waals surface area contributed by atoms with Crippen LogP contribution in [0.1, 0.15) is 0 Å². The fourth-order valence-electron chi connectivity index (χ4n) is 0.721. The Kier molecular flexibility index (Phi) is 7.02. The minimum Gasteiger partial charge on any atom is -0.384 e. The van der Waals surface area contributed by atoms with Crippen LogP contribution in [0.5, 0.6) is 0 Å². The first kappa shape index (κ1) is 9.94. The molecule has 10 heavy (non-hydrogen) atoms. The van der Waals surface area contributed by atoms with Crippen LogP contribution in [0.25, 0.3) is 0 Å². The van der Waals surface area contributed by atoms with E-state index in [9.17, 15) is 0 Å². The first-order valence-electron chi connectivity index (χ1n) is 3.62. The molecule has 1 atom stereocenters. The molecule has 0 aliphatic carbocycles. The van der Waals surface area contributed by atoms with Gasteiger partial charge >= 0.3 is 0 Å². The third kappa shape index (κ3) is 4.79. The van der Waals surface area contributed by atoms with Crippen LogP contribution in [0.2, 0.25) is 6.32 Å². The zero-order valence-corrected chi connectivity index (χ0v) is 7.02. The molecule has 0 aliphatic rings. The van der Waals surface area contributed by atoms with Gasteiger partial charge in [-0.05, 0) is 0 Å². The first-order chi connectivity index (χ1) is 4.85. The molecule has 0 amide bonds. The molecule has 0 radical (unpaired) electrons. The summed E-state index contributed by atoms with van der Waals surface area (Å²) in [6.07, 6.45) is 1.09.